The summed E-state index contributed by atoms with van der Waals surface area (Å²) in [5.74, 6) is 2.21. The lowest BCUT2D eigenvalue weighted by atomic mass is 10.1. The van der Waals surface area contributed by atoms with Gasteiger partial charge in [0.2, 0.25) is 5.88 Å². The molecule has 96 valence electrons. The van der Waals surface area contributed by atoms with E-state index in [1.165, 1.54) is 19.3 Å². The molecule has 0 radical (unpaired) electrons. The second-order valence-electron chi connectivity index (χ2n) is 5.30. The average molecular weight is 244 g/mol. The summed E-state index contributed by atoms with van der Waals surface area (Å²) in [5, 5.41) is 3.36. The lowest BCUT2D eigenvalue weighted by Gasteiger charge is -2.04. The highest BCUT2D eigenvalue weighted by Crippen LogP contribution is 2.29. The molecule has 3 rings (SSSR count). The largest absolute Gasteiger partial charge is 0.477 e. The van der Waals surface area contributed by atoms with Gasteiger partial charge in [0.25, 0.3) is 0 Å². The summed E-state index contributed by atoms with van der Waals surface area (Å²) < 4.78 is 5.62. The van der Waals surface area contributed by atoms with E-state index >= 15 is 0 Å². The van der Waals surface area contributed by atoms with Crippen molar-refractivity contribution in [3.8, 4) is 5.88 Å². The van der Waals surface area contributed by atoms with Gasteiger partial charge in [0, 0.05) is 18.8 Å². The second kappa shape index (κ2) is 5.53. The number of nitrogens with one attached hydrogen (secondary N) is 1. The molecular formula is C15H20N2O. The number of aromatic nitrogens is 1. The Kier molecular flexibility index (Phi) is 3.60. The maximum Gasteiger partial charge on any atom is 0.213 e. The normalized spacial score (nSPS) is 23.7. The van der Waals surface area contributed by atoms with E-state index in [-0.39, 0.29) is 0 Å². The minimum atomic E-state index is 0.677. The lowest BCUT2D eigenvalue weighted by molar-refractivity contribution is 0.288. The summed E-state index contributed by atoms with van der Waals surface area (Å²) in [7, 11) is 0. The Labute approximate surface area is 108 Å². The van der Waals surface area contributed by atoms with Crippen LogP contribution in [-0.4, -0.2) is 24.7 Å². The molecule has 1 atom stereocenters. The first kappa shape index (κ1) is 11.7. The number of nitrogens with zero attached hydrogens (tertiary/aromatic N) is 1. The monoisotopic (exact) mass is 244 g/mol. The van der Waals surface area contributed by atoms with Gasteiger partial charge in [-0.05, 0) is 49.3 Å². The van der Waals surface area contributed by atoms with Crippen molar-refractivity contribution in [1.82, 2.24) is 10.3 Å². The van der Waals surface area contributed by atoms with Gasteiger partial charge in [0.1, 0.15) is 0 Å². The Bertz CT molecular complexity index is 403. The van der Waals surface area contributed by atoms with Crippen molar-refractivity contribution in [1.29, 1.82) is 0 Å². The van der Waals surface area contributed by atoms with Gasteiger partial charge in [-0.25, -0.2) is 4.98 Å². The summed E-state index contributed by atoms with van der Waals surface area (Å²) in [5.41, 5.74) is 1.15. The molecule has 0 aromatic carbocycles. The van der Waals surface area contributed by atoms with Crippen molar-refractivity contribution >= 4 is 6.08 Å². The molecule has 1 aromatic heterocycles. The first-order valence-electron chi connectivity index (χ1n) is 6.88. The number of hydrogen-bond donors (Lipinski definition) is 1. The Morgan fingerprint density at radius 2 is 2.28 bits per heavy atom. The molecule has 1 saturated heterocycles. The van der Waals surface area contributed by atoms with Crippen LogP contribution in [0, 0.1) is 11.8 Å². The van der Waals surface area contributed by atoms with Crippen molar-refractivity contribution in [2.45, 2.75) is 19.3 Å². The van der Waals surface area contributed by atoms with Gasteiger partial charge in [-0.3, -0.25) is 0 Å². The fourth-order valence-electron chi connectivity index (χ4n) is 2.15. The third-order valence-electron chi connectivity index (χ3n) is 3.58. The molecule has 1 aromatic rings. The quantitative estimate of drug-likeness (QED) is 0.864. The fraction of sp³-hybridized carbons (Fsp3) is 0.533. The molecule has 18 heavy (non-hydrogen) atoms. The standard InChI is InChI=1S/C15H20N2O/c1(2-13-7-8-16-9-13)12-5-6-15(17-10-12)18-11-14-3-4-14/h1-2,5-6,10,13-14,16H,3-4,7-9,11H2/b2-1+/t13-/m0/s1. The highest BCUT2D eigenvalue weighted by atomic mass is 16.5. The Morgan fingerprint density at radius 1 is 1.33 bits per heavy atom. The molecule has 0 bridgehead atoms. The SMILES string of the molecule is C(=C\[C@H]1CCNC1)/c1ccc(OCC2CC2)nc1. The molecule has 1 saturated carbocycles. The van der Waals surface area contributed by atoms with Gasteiger partial charge in [0.05, 0.1) is 6.61 Å². The highest BCUT2D eigenvalue weighted by molar-refractivity contribution is 5.48. The minimum Gasteiger partial charge on any atom is -0.477 e. The first-order valence-corrected chi connectivity index (χ1v) is 6.88. The topological polar surface area (TPSA) is 34.1 Å². The van der Waals surface area contributed by atoms with E-state index in [0.717, 1.165) is 37.1 Å². The van der Waals surface area contributed by atoms with Gasteiger partial charge < -0.3 is 10.1 Å². The van der Waals surface area contributed by atoms with E-state index < -0.39 is 0 Å². The van der Waals surface area contributed by atoms with Crippen LogP contribution >= 0.6 is 0 Å². The Morgan fingerprint density at radius 3 is 2.94 bits per heavy atom. The molecule has 3 nitrogen and oxygen atoms in total. The van der Waals surface area contributed by atoms with Gasteiger partial charge >= 0.3 is 0 Å². The predicted octanol–water partition coefficient (Wildman–Crippen LogP) is 2.49. The Hall–Kier alpha value is -1.35. The van der Waals surface area contributed by atoms with Gasteiger partial charge in [-0.15, -0.1) is 0 Å². The number of hydrogen-bond acceptors (Lipinski definition) is 3. The number of pyridine rings is 1. The zero-order valence-corrected chi connectivity index (χ0v) is 10.6. The van der Waals surface area contributed by atoms with E-state index in [4.69, 9.17) is 4.74 Å². The van der Waals surface area contributed by atoms with Crippen LogP contribution in [0.1, 0.15) is 24.8 Å². The van der Waals surface area contributed by atoms with Crippen molar-refractivity contribution in [3.63, 3.8) is 0 Å². The van der Waals surface area contributed by atoms with Crippen molar-refractivity contribution < 1.29 is 4.74 Å². The molecule has 0 unspecified atom stereocenters. The van der Waals surface area contributed by atoms with E-state index in [9.17, 15) is 0 Å². The third kappa shape index (κ3) is 3.33. The van der Waals surface area contributed by atoms with Crippen LogP contribution in [0.15, 0.2) is 24.4 Å². The lowest BCUT2D eigenvalue weighted by Crippen LogP contribution is -2.07. The molecule has 1 N–H and O–H groups in total. The van der Waals surface area contributed by atoms with Crippen molar-refractivity contribution in [2.24, 2.45) is 11.8 Å². The van der Waals surface area contributed by atoms with E-state index in [0.29, 0.717) is 5.92 Å². The van der Waals surface area contributed by atoms with Crippen LogP contribution in [0.3, 0.4) is 0 Å². The smallest absolute Gasteiger partial charge is 0.213 e. The summed E-state index contributed by atoms with van der Waals surface area (Å²) in [6.45, 7) is 3.07. The van der Waals surface area contributed by atoms with Gasteiger partial charge in [-0.2, -0.15) is 0 Å². The second-order valence-corrected chi connectivity index (χ2v) is 5.30. The third-order valence-corrected chi connectivity index (χ3v) is 3.58. The summed E-state index contributed by atoms with van der Waals surface area (Å²) in [4.78, 5) is 4.33. The van der Waals surface area contributed by atoms with Crippen molar-refractivity contribution in [2.75, 3.05) is 19.7 Å². The molecule has 2 heterocycles. The molecule has 2 fully saturated rings. The van der Waals surface area contributed by atoms with Crippen LogP contribution in [0.4, 0.5) is 0 Å². The van der Waals surface area contributed by atoms with Gasteiger partial charge in [-0.1, -0.05) is 12.2 Å². The minimum absolute atomic E-state index is 0.677. The zero-order chi connectivity index (χ0) is 12.2. The van der Waals surface area contributed by atoms with E-state index in [1.807, 2.05) is 12.3 Å². The first-order chi connectivity index (χ1) is 8.90. The Balaban J connectivity index is 1.52. The molecule has 1 aliphatic carbocycles. The summed E-state index contributed by atoms with van der Waals surface area (Å²) >= 11 is 0. The molecule has 2 aliphatic rings. The maximum absolute atomic E-state index is 5.62. The summed E-state index contributed by atoms with van der Waals surface area (Å²) in [6.07, 6.45) is 10.2. The van der Waals surface area contributed by atoms with Crippen LogP contribution in [0.2, 0.25) is 0 Å². The van der Waals surface area contributed by atoms with E-state index in [2.05, 4.69) is 28.5 Å². The summed E-state index contributed by atoms with van der Waals surface area (Å²) in [6, 6.07) is 4.04. The molecule has 0 amide bonds. The molecule has 3 heteroatoms. The van der Waals surface area contributed by atoms with Crippen molar-refractivity contribution in [3.05, 3.63) is 30.0 Å². The average Bonchev–Trinajstić information content (AvgIpc) is 3.09. The molecular weight excluding hydrogens is 224 g/mol. The van der Waals surface area contributed by atoms with Crippen LogP contribution in [0.25, 0.3) is 6.08 Å². The highest BCUT2D eigenvalue weighted by Gasteiger charge is 2.21. The van der Waals surface area contributed by atoms with E-state index in [1.54, 1.807) is 0 Å². The van der Waals surface area contributed by atoms with Crippen LogP contribution < -0.4 is 10.1 Å². The molecule has 1 aliphatic heterocycles. The number of rotatable bonds is 5. The van der Waals surface area contributed by atoms with Gasteiger partial charge in [0.15, 0.2) is 0 Å². The maximum atomic E-state index is 5.62. The number of ether oxygens (including phenoxy) is 1. The fourth-order valence-corrected chi connectivity index (χ4v) is 2.15. The van der Waals surface area contributed by atoms with Crippen LogP contribution in [0.5, 0.6) is 5.88 Å². The predicted molar refractivity (Wildman–Crippen MR) is 72.5 cm³/mol. The molecule has 0 spiro atoms. The van der Waals surface area contributed by atoms with Crippen LogP contribution in [-0.2, 0) is 0 Å². The zero-order valence-electron chi connectivity index (χ0n) is 10.6.